The number of H-pyrrole nitrogens is 1. The molecule has 8 heteroatoms. The summed E-state index contributed by atoms with van der Waals surface area (Å²) in [5.41, 5.74) is 0.269. The number of aromatic nitrogens is 5. The van der Waals surface area contributed by atoms with Gasteiger partial charge in [-0.3, -0.25) is 0 Å². The van der Waals surface area contributed by atoms with Gasteiger partial charge in [0, 0.05) is 6.20 Å². The van der Waals surface area contributed by atoms with Gasteiger partial charge in [0.05, 0.1) is 0 Å². The van der Waals surface area contributed by atoms with E-state index in [0.717, 1.165) is 6.42 Å². The second kappa shape index (κ2) is 6.34. The van der Waals surface area contributed by atoms with Crippen molar-refractivity contribution in [2.75, 3.05) is 0 Å². The number of esters is 1. The van der Waals surface area contributed by atoms with E-state index in [1.165, 1.54) is 0 Å². The number of nitrogens with zero attached hydrogens (tertiary/aromatic N) is 5. The largest absolute Gasteiger partial charge is 0.384 e. The standard InChI is InChI=1S/C11H12N6O2/c1-2-5-8(13-9-6-3-4-7-12-9)10(18)19-11-14-16-17-15-11/h3-4,6-7H,2,5H2,1H3,(H,14,15,16,17). The van der Waals surface area contributed by atoms with Gasteiger partial charge in [0.1, 0.15) is 5.71 Å². The summed E-state index contributed by atoms with van der Waals surface area (Å²) in [7, 11) is 0. The number of ether oxygens (including phenoxy) is 1. The molecule has 0 atom stereocenters. The van der Waals surface area contributed by atoms with E-state index in [9.17, 15) is 4.79 Å². The highest BCUT2D eigenvalue weighted by Gasteiger charge is 2.16. The molecule has 0 aliphatic carbocycles. The highest BCUT2D eigenvalue weighted by molar-refractivity contribution is 6.37. The maximum absolute atomic E-state index is 11.9. The molecule has 0 aliphatic heterocycles. The monoisotopic (exact) mass is 260 g/mol. The number of pyridine rings is 1. The third-order valence-corrected chi connectivity index (χ3v) is 2.13. The molecule has 0 aliphatic rings. The molecule has 0 saturated heterocycles. The van der Waals surface area contributed by atoms with Gasteiger partial charge in [-0.05, 0) is 23.8 Å². The van der Waals surface area contributed by atoms with Crippen LogP contribution in [0, 0.1) is 0 Å². The van der Waals surface area contributed by atoms with Crippen molar-refractivity contribution in [3.63, 3.8) is 0 Å². The van der Waals surface area contributed by atoms with Crippen LogP contribution < -0.4 is 4.74 Å². The van der Waals surface area contributed by atoms with E-state index in [1.54, 1.807) is 24.4 Å². The van der Waals surface area contributed by atoms with Crippen LogP contribution in [0.5, 0.6) is 6.01 Å². The number of hydrogen-bond acceptors (Lipinski definition) is 7. The SMILES string of the molecule is CCCC(=Nc1ccccn1)C(=O)Oc1nn[nH]n1. The zero-order valence-corrected chi connectivity index (χ0v) is 10.3. The Bertz CT molecular complexity index is 552. The number of tetrazole rings is 1. The number of rotatable bonds is 5. The molecular weight excluding hydrogens is 248 g/mol. The number of nitrogens with one attached hydrogen (secondary N) is 1. The predicted molar refractivity (Wildman–Crippen MR) is 66.1 cm³/mol. The predicted octanol–water partition coefficient (Wildman–Crippen LogP) is 1.07. The molecule has 19 heavy (non-hydrogen) atoms. The first kappa shape index (κ1) is 12.8. The quantitative estimate of drug-likeness (QED) is 0.636. The molecule has 0 bridgehead atoms. The van der Waals surface area contributed by atoms with Crippen LogP contribution in [-0.4, -0.2) is 37.3 Å². The van der Waals surface area contributed by atoms with Crippen molar-refractivity contribution in [3.8, 4) is 6.01 Å². The average Bonchev–Trinajstić information content (AvgIpc) is 2.92. The molecule has 98 valence electrons. The topological polar surface area (TPSA) is 106 Å². The summed E-state index contributed by atoms with van der Waals surface area (Å²) in [6.45, 7) is 1.94. The van der Waals surface area contributed by atoms with Crippen molar-refractivity contribution < 1.29 is 9.53 Å². The van der Waals surface area contributed by atoms with Crippen LogP contribution in [0.2, 0.25) is 0 Å². The fourth-order valence-corrected chi connectivity index (χ4v) is 1.34. The zero-order chi connectivity index (χ0) is 13.5. The molecular formula is C11H12N6O2. The van der Waals surface area contributed by atoms with Gasteiger partial charge >= 0.3 is 12.0 Å². The van der Waals surface area contributed by atoms with Crippen molar-refractivity contribution in [1.29, 1.82) is 0 Å². The van der Waals surface area contributed by atoms with Gasteiger partial charge in [-0.25, -0.2) is 14.8 Å². The van der Waals surface area contributed by atoms with E-state index in [0.29, 0.717) is 12.2 Å². The number of carbonyl (C=O) groups excluding carboxylic acids is 1. The lowest BCUT2D eigenvalue weighted by Crippen LogP contribution is -2.21. The molecule has 2 aromatic rings. The lowest BCUT2D eigenvalue weighted by molar-refractivity contribution is -0.127. The molecule has 0 spiro atoms. The molecule has 1 N–H and O–H groups in total. The summed E-state index contributed by atoms with van der Waals surface area (Å²) >= 11 is 0. The van der Waals surface area contributed by atoms with Crippen molar-refractivity contribution in [1.82, 2.24) is 25.6 Å². The minimum atomic E-state index is -0.603. The minimum absolute atomic E-state index is 0.130. The second-order valence-electron chi connectivity index (χ2n) is 3.58. The molecule has 8 nitrogen and oxygen atoms in total. The Kier molecular flexibility index (Phi) is 4.27. The van der Waals surface area contributed by atoms with Crippen LogP contribution in [0.1, 0.15) is 19.8 Å². The van der Waals surface area contributed by atoms with Crippen LogP contribution in [0.25, 0.3) is 0 Å². The fraction of sp³-hybridized carbons (Fsp3) is 0.273. The molecule has 2 rings (SSSR count). The summed E-state index contributed by atoms with van der Waals surface area (Å²) in [5, 5.41) is 12.6. The molecule has 0 amide bonds. The Morgan fingerprint density at radius 1 is 1.47 bits per heavy atom. The van der Waals surface area contributed by atoms with Gasteiger partial charge in [-0.2, -0.15) is 5.21 Å². The summed E-state index contributed by atoms with van der Waals surface area (Å²) in [6, 6.07) is 5.14. The van der Waals surface area contributed by atoms with Gasteiger partial charge in [0.15, 0.2) is 5.82 Å². The number of aromatic amines is 1. The Morgan fingerprint density at radius 2 is 2.37 bits per heavy atom. The third kappa shape index (κ3) is 3.66. The van der Waals surface area contributed by atoms with Crippen LogP contribution in [0.15, 0.2) is 29.4 Å². The molecule has 0 aromatic carbocycles. The van der Waals surface area contributed by atoms with E-state index in [1.807, 2.05) is 6.92 Å². The maximum Gasteiger partial charge on any atom is 0.363 e. The van der Waals surface area contributed by atoms with Crippen molar-refractivity contribution in [2.45, 2.75) is 19.8 Å². The average molecular weight is 260 g/mol. The van der Waals surface area contributed by atoms with Gasteiger partial charge in [-0.1, -0.05) is 29.6 Å². The zero-order valence-electron chi connectivity index (χ0n) is 10.3. The Balaban J connectivity index is 2.15. The molecule has 0 radical (unpaired) electrons. The number of hydrogen-bond donors (Lipinski definition) is 1. The smallest absolute Gasteiger partial charge is 0.363 e. The van der Waals surface area contributed by atoms with E-state index in [-0.39, 0.29) is 11.7 Å². The van der Waals surface area contributed by atoms with E-state index in [2.05, 4.69) is 30.6 Å². The molecule has 0 saturated carbocycles. The second-order valence-corrected chi connectivity index (χ2v) is 3.58. The maximum atomic E-state index is 11.9. The van der Waals surface area contributed by atoms with Gasteiger partial charge in [0.2, 0.25) is 0 Å². The van der Waals surface area contributed by atoms with Crippen LogP contribution in [0.3, 0.4) is 0 Å². The molecule has 0 fully saturated rings. The third-order valence-electron chi connectivity index (χ3n) is 2.13. The Labute approximate surface area is 108 Å². The van der Waals surface area contributed by atoms with E-state index in [4.69, 9.17) is 4.74 Å². The van der Waals surface area contributed by atoms with Crippen molar-refractivity contribution in [3.05, 3.63) is 24.4 Å². The highest BCUT2D eigenvalue weighted by atomic mass is 16.6. The van der Waals surface area contributed by atoms with Gasteiger partial charge in [0.25, 0.3) is 0 Å². The summed E-state index contributed by atoms with van der Waals surface area (Å²) in [4.78, 5) is 20.1. The van der Waals surface area contributed by atoms with E-state index >= 15 is 0 Å². The number of carbonyl (C=O) groups is 1. The van der Waals surface area contributed by atoms with Crippen molar-refractivity contribution >= 4 is 17.5 Å². The molecule has 2 heterocycles. The summed E-state index contributed by atoms with van der Waals surface area (Å²) in [5.74, 6) is -0.148. The van der Waals surface area contributed by atoms with Crippen molar-refractivity contribution in [2.24, 2.45) is 4.99 Å². The molecule has 0 unspecified atom stereocenters. The first-order valence-corrected chi connectivity index (χ1v) is 5.74. The first-order chi connectivity index (χ1) is 9.29. The van der Waals surface area contributed by atoms with Crippen LogP contribution >= 0.6 is 0 Å². The van der Waals surface area contributed by atoms with Crippen LogP contribution in [0.4, 0.5) is 5.82 Å². The Morgan fingerprint density at radius 3 is 3.00 bits per heavy atom. The normalized spacial score (nSPS) is 11.3. The highest BCUT2D eigenvalue weighted by Crippen LogP contribution is 2.09. The van der Waals surface area contributed by atoms with Gasteiger partial charge in [-0.15, -0.1) is 0 Å². The van der Waals surface area contributed by atoms with Gasteiger partial charge < -0.3 is 4.74 Å². The Hall–Kier alpha value is -2.64. The fourth-order valence-electron chi connectivity index (χ4n) is 1.34. The summed E-state index contributed by atoms with van der Waals surface area (Å²) in [6.07, 6.45) is 2.84. The minimum Gasteiger partial charge on any atom is -0.384 e. The van der Waals surface area contributed by atoms with Crippen LogP contribution in [-0.2, 0) is 4.79 Å². The number of aliphatic imine (C=N–C) groups is 1. The first-order valence-electron chi connectivity index (χ1n) is 5.74. The lowest BCUT2D eigenvalue weighted by Gasteiger charge is -2.02. The lowest BCUT2D eigenvalue weighted by atomic mass is 10.2. The summed E-state index contributed by atoms with van der Waals surface area (Å²) < 4.78 is 4.93. The van der Waals surface area contributed by atoms with E-state index < -0.39 is 5.97 Å². The molecule has 2 aromatic heterocycles.